The third-order valence-electron chi connectivity index (χ3n) is 1.93. The van der Waals surface area contributed by atoms with Gasteiger partial charge in [0.25, 0.3) is 5.82 Å². The maximum Gasteiger partial charge on any atom is 0.599 e. The summed E-state index contributed by atoms with van der Waals surface area (Å²) >= 11 is 0. The van der Waals surface area contributed by atoms with E-state index >= 15 is 0 Å². The van der Waals surface area contributed by atoms with Crippen LogP contribution in [0, 0.1) is 20.2 Å². The summed E-state index contributed by atoms with van der Waals surface area (Å²) in [5, 5.41) is 25.8. The SMILES string of the molecule is COC1NC(=C([N+](=O)[O-])[N+](=O)[O-])NC1OC. The summed E-state index contributed by atoms with van der Waals surface area (Å²) in [7, 11) is 2.68. The van der Waals surface area contributed by atoms with Crippen LogP contribution in [0.4, 0.5) is 0 Å². The first-order valence-corrected chi connectivity index (χ1v) is 4.13. The van der Waals surface area contributed by atoms with Crippen molar-refractivity contribution in [2.45, 2.75) is 12.5 Å². The van der Waals surface area contributed by atoms with E-state index < -0.39 is 28.1 Å². The molecule has 0 spiro atoms. The lowest BCUT2D eigenvalue weighted by Crippen LogP contribution is -2.36. The van der Waals surface area contributed by atoms with E-state index in [1.54, 1.807) is 0 Å². The van der Waals surface area contributed by atoms with Gasteiger partial charge in [-0.2, -0.15) is 0 Å². The number of ether oxygens (including phenoxy) is 2. The lowest BCUT2D eigenvalue weighted by molar-refractivity contribution is -0.618. The van der Waals surface area contributed by atoms with E-state index in [2.05, 4.69) is 10.6 Å². The molecule has 0 saturated carbocycles. The van der Waals surface area contributed by atoms with Crippen LogP contribution in [0.5, 0.6) is 0 Å². The van der Waals surface area contributed by atoms with E-state index in [9.17, 15) is 20.2 Å². The Balaban J connectivity index is 3.01. The summed E-state index contributed by atoms with van der Waals surface area (Å²) in [6, 6.07) is 0. The molecule has 1 aliphatic rings. The van der Waals surface area contributed by atoms with Gasteiger partial charge < -0.3 is 20.1 Å². The van der Waals surface area contributed by atoms with Crippen LogP contribution >= 0.6 is 0 Å². The Bertz CT molecular complexity index is 312. The molecule has 1 saturated heterocycles. The van der Waals surface area contributed by atoms with Crippen molar-refractivity contribution in [3.63, 3.8) is 0 Å². The highest BCUT2D eigenvalue weighted by atomic mass is 16.7. The average Bonchev–Trinajstić information content (AvgIpc) is 2.59. The van der Waals surface area contributed by atoms with Gasteiger partial charge in [-0.25, -0.2) is 0 Å². The molecule has 0 aromatic carbocycles. The molecule has 10 nitrogen and oxygen atoms in total. The van der Waals surface area contributed by atoms with Crippen molar-refractivity contribution in [3.8, 4) is 0 Å². The summed E-state index contributed by atoms with van der Waals surface area (Å²) in [6.07, 6.45) is -1.45. The Labute approximate surface area is 89.5 Å². The van der Waals surface area contributed by atoms with E-state index in [1.165, 1.54) is 14.2 Å². The first-order valence-electron chi connectivity index (χ1n) is 4.13. The van der Waals surface area contributed by atoms with Gasteiger partial charge in [-0.3, -0.25) is 20.2 Å². The van der Waals surface area contributed by atoms with Gasteiger partial charge in [-0.05, 0) is 0 Å². The Morgan fingerprint density at radius 1 is 1.12 bits per heavy atom. The zero-order valence-electron chi connectivity index (χ0n) is 8.50. The summed E-state index contributed by atoms with van der Waals surface area (Å²) in [5.74, 6) is -1.52. The molecule has 16 heavy (non-hydrogen) atoms. The van der Waals surface area contributed by atoms with Crippen molar-refractivity contribution >= 4 is 0 Å². The molecule has 2 unspecified atom stereocenters. The lowest BCUT2D eigenvalue weighted by atomic mass is 10.5. The third-order valence-corrected chi connectivity index (χ3v) is 1.93. The number of nitro groups is 2. The molecule has 0 bridgehead atoms. The molecule has 10 heteroatoms. The Morgan fingerprint density at radius 3 is 1.75 bits per heavy atom. The molecule has 0 amide bonds. The first kappa shape index (κ1) is 12.1. The van der Waals surface area contributed by atoms with E-state index in [4.69, 9.17) is 9.47 Å². The van der Waals surface area contributed by atoms with Crippen molar-refractivity contribution in [2.24, 2.45) is 0 Å². The lowest BCUT2D eigenvalue weighted by Gasteiger charge is -2.14. The van der Waals surface area contributed by atoms with Crippen molar-refractivity contribution in [1.29, 1.82) is 0 Å². The van der Waals surface area contributed by atoms with Crippen LogP contribution in [-0.2, 0) is 9.47 Å². The fourth-order valence-electron chi connectivity index (χ4n) is 1.22. The third kappa shape index (κ3) is 2.17. The van der Waals surface area contributed by atoms with Gasteiger partial charge >= 0.3 is 5.82 Å². The first-order chi connectivity index (χ1) is 7.51. The normalized spacial score (nSPS) is 23.5. The van der Waals surface area contributed by atoms with Gasteiger partial charge in [0.15, 0.2) is 12.5 Å². The number of hydrogen-bond acceptors (Lipinski definition) is 8. The number of rotatable bonds is 4. The van der Waals surface area contributed by atoms with Crippen molar-refractivity contribution in [1.82, 2.24) is 10.6 Å². The molecule has 90 valence electrons. The van der Waals surface area contributed by atoms with Crippen molar-refractivity contribution < 1.29 is 19.3 Å². The molecular formula is C6H10N4O6. The van der Waals surface area contributed by atoms with Crippen LogP contribution in [0.1, 0.15) is 0 Å². The number of nitrogens with one attached hydrogen (secondary N) is 2. The molecule has 0 radical (unpaired) electrons. The predicted molar refractivity (Wildman–Crippen MR) is 48.9 cm³/mol. The minimum Gasteiger partial charge on any atom is -0.357 e. The minimum atomic E-state index is -1.18. The standard InChI is InChI=1S/C6H10N4O6/c1-15-4-5(16-2)8-3(7-4)6(9(11)12)10(13)14/h4-5,7-8H,1-2H3. The highest BCUT2D eigenvalue weighted by Gasteiger charge is 2.41. The Hall–Kier alpha value is -1.94. The van der Waals surface area contributed by atoms with Gasteiger partial charge in [0.2, 0.25) is 0 Å². The number of methoxy groups -OCH3 is 2. The molecule has 0 aromatic rings. The predicted octanol–water partition coefficient (Wildman–Crippen LogP) is -1.20. The zero-order chi connectivity index (χ0) is 12.3. The van der Waals surface area contributed by atoms with Crippen LogP contribution in [0.25, 0.3) is 0 Å². The van der Waals surface area contributed by atoms with Crippen LogP contribution in [0.15, 0.2) is 11.6 Å². The largest absolute Gasteiger partial charge is 0.599 e. The second kappa shape index (κ2) is 4.72. The van der Waals surface area contributed by atoms with Gasteiger partial charge in [0, 0.05) is 14.2 Å². The minimum absolute atomic E-state index is 0.339. The van der Waals surface area contributed by atoms with E-state index in [1.807, 2.05) is 0 Å². The summed E-state index contributed by atoms with van der Waals surface area (Å²) in [4.78, 5) is 18.7. The van der Waals surface area contributed by atoms with E-state index in [-0.39, 0.29) is 5.82 Å². The molecule has 1 rings (SSSR count). The van der Waals surface area contributed by atoms with E-state index in [0.29, 0.717) is 0 Å². The molecule has 0 aliphatic carbocycles. The molecule has 2 N–H and O–H groups in total. The number of hydrogen-bond donors (Lipinski definition) is 2. The van der Waals surface area contributed by atoms with E-state index in [0.717, 1.165) is 0 Å². The monoisotopic (exact) mass is 234 g/mol. The molecule has 2 atom stereocenters. The second-order valence-corrected chi connectivity index (χ2v) is 2.81. The molecular weight excluding hydrogens is 224 g/mol. The summed E-state index contributed by atoms with van der Waals surface area (Å²) in [6.45, 7) is 0. The van der Waals surface area contributed by atoms with Gasteiger partial charge in [-0.15, -0.1) is 0 Å². The molecule has 1 aliphatic heterocycles. The topological polar surface area (TPSA) is 129 Å². The Kier molecular flexibility index (Phi) is 3.58. The fourth-order valence-corrected chi connectivity index (χ4v) is 1.22. The second-order valence-electron chi connectivity index (χ2n) is 2.81. The molecule has 1 fully saturated rings. The van der Waals surface area contributed by atoms with Crippen molar-refractivity contribution in [2.75, 3.05) is 14.2 Å². The maximum absolute atomic E-state index is 10.5. The smallest absolute Gasteiger partial charge is 0.357 e. The molecule has 0 aromatic heterocycles. The van der Waals surface area contributed by atoms with Gasteiger partial charge in [0.1, 0.15) is 9.85 Å². The fraction of sp³-hybridized carbons (Fsp3) is 0.667. The maximum atomic E-state index is 10.5. The quantitative estimate of drug-likeness (QED) is 0.458. The highest BCUT2D eigenvalue weighted by Crippen LogP contribution is 2.12. The number of nitrogens with zero attached hydrogens (tertiary/aromatic N) is 2. The average molecular weight is 234 g/mol. The van der Waals surface area contributed by atoms with Crippen LogP contribution in [-0.4, -0.2) is 36.5 Å². The zero-order valence-corrected chi connectivity index (χ0v) is 8.50. The van der Waals surface area contributed by atoms with Crippen LogP contribution < -0.4 is 10.6 Å². The molecule has 1 heterocycles. The van der Waals surface area contributed by atoms with Gasteiger partial charge in [-0.1, -0.05) is 0 Å². The Morgan fingerprint density at radius 2 is 1.50 bits per heavy atom. The summed E-state index contributed by atoms with van der Waals surface area (Å²) < 4.78 is 9.75. The summed E-state index contributed by atoms with van der Waals surface area (Å²) in [5.41, 5.74) is 0. The van der Waals surface area contributed by atoms with Crippen LogP contribution in [0.3, 0.4) is 0 Å². The van der Waals surface area contributed by atoms with Crippen LogP contribution in [0.2, 0.25) is 0 Å². The van der Waals surface area contributed by atoms with Gasteiger partial charge in [0.05, 0.1) is 0 Å². The van der Waals surface area contributed by atoms with Crippen molar-refractivity contribution in [3.05, 3.63) is 31.9 Å². The highest BCUT2D eigenvalue weighted by molar-refractivity contribution is 5.05.